The van der Waals surface area contributed by atoms with Gasteiger partial charge in [0.05, 0.1) is 11.0 Å². The van der Waals surface area contributed by atoms with Gasteiger partial charge in [-0.2, -0.15) is 4.31 Å². The molecule has 1 fully saturated rings. The molecular formula is C20H32N2O7S. The monoisotopic (exact) mass is 444 g/mol. The number of piperidine rings is 1. The van der Waals surface area contributed by atoms with E-state index in [1.165, 1.54) is 41.2 Å². The number of benzene rings is 1. The first-order valence-electron chi connectivity index (χ1n) is 10.5. The van der Waals surface area contributed by atoms with Crippen LogP contribution in [0.2, 0.25) is 0 Å². The van der Waals surface area contributed by atoms with Gasteiger partial charge in [-0.1, -0.05) is 32.6 Å². The summed E-state index contributed by atoms with van der Waals surface area (Å²) in [4.78, 5) is 12.0. The first-order chi connectivity index (χ1) is 14.5. The number of ether oxygens (including phenoxy) is 3. The maximum absolute atomic E-state index is 13.2. The highest BCUT2D eigenvalue weighted by Crippen LogP contribution is 2.40. The van der Waals surface area contributed by atoms with Crippen molar-refractivity contribution in [3.63, 3.8) is 0 Å². The van der Waals surface area contributed by atoms with Gasteiger partial charge >= 0.3 is 0 Å². The van der Waals surface area contributed by atoms with Gasteiger partial charge < -0.3 is 14.2 Å². The first-order valence-corrected chi connectivity index (χ1v) is 11.9. The molecule has 170 valence electrons. The number of amides is 1. The van der Waals surface area contributed by atoms with Crippen LogP contribution in [0.1, 0.15) is 63.7 Å². The summed E-state index contributed by atoms with van der Waals surface area (Å²) in [5.74, 6) is -0.681. The van der Waals surface area contributed by atoms with Gasteiger partial charge in [-0.15, -0.1) is 0 Å². The Kier molecular flexibility index (Phi) is 7.93. The molecule has 0 aromatic heterocycles. The van der Waals surface area contributed by atoms with E-state index in [0.29, 0.717) is 32.5 Å². The van der Waals surface area contributed by atoms with Gasteiger partial charge in [-0.3, -0.25) is 10.0 Å². The van der Waals surface area contributed by atoms with Gasteiger partial charge in [0.1, 0.15) is 5.56 Å². The highest BCUT2D eigenvalue weighted by molar-refractivity contribution is 7.89. The number of carbonyl (C=O) groups is 1. The van der Waals surface area contributed by atoms with Crippen molar-refractivity contribution in [1.29, 1.82) is 0 Å². The SMILES string of the molecule is CCCCCCCOC1CCN(S(=O)(=O)c2ccc3c(c2C(=O)NO)OCO3)CC1.[HH]. The Balaban J connectivity index is 0.00000341. The molecule has 2 N–H and O–H groups in total. The number of carbonyl (C=O) groups excluding carboxylic acids is 1. The molecule has 0 spiro atoms. The third kappa shape index (κ3) is 5.05. The van der Waals surface area contributed by atoms with Crippen LogP contribution in [0.5, 0.6) is 11.5 Å². The Hall–Kier alpha value is -1.88. The third-order valence-corrected chi connectivity index (χ3v) is 7.39. The Bertz CT molecular complexity index is 842. The zero-order valence-corrected chi connectivity index (χ0v) is 18.1. The van der Waals surface area contributed by atoms with E-state index in [2.05, 4.69) is 6.92 Å². The van der Waals surface area contributed by atoms with Gasteiger partial charge in [-0.05, 0) is 31.4 Å². The Morgan fingerprint density at radius 1 is 1.23 bits per heavy atom. The van der Waals surface area contributed by atoms with Gasteiger partial charge in [-0.25, -0.2) is 13.9 Å². The van der Waals surface area contributed by atoms with Crippen LogP contribution < -0.4 is 15.0 Å². The minimum Gasteiger partial charge on any atom is -0.454 e. The van der Waals surface area contributed by atoms with Crippen molar-refractivity contribution in [2.24, 2.45) is 0 Å². The molecule has 0 radical (unpaired) electrons. The van der Waals surface area contributed by atoms with Crippen LogP contribution in [-0.2, 0) is 14.8 Å². The first kappa shape index (κ1) is 22.8. The van der Waals surface area contributed by atoms with Crippen LogP contribution >= 0.6 is 0 Å². The van der Waals surface area contributed by atoms with E-state index in [-0.39, 0.29) is 36.3 Å². The summed E-state index contributed by atoms with van der Waals surface area (Å²) >= 11 is 0. The van der Waals surface area contributed by atoms with Gasteiger partial charge in [0.2, 0.25) is 16.8 Å². The highest BCUT2D eigenvalue weighted by atomic mass is 32.2. The standard InChI is InChI=1S/C20H30N2O7S.H2/c1-2-3-4-5-6-13-27-15-9-11-22(12-10-15)30(25,26)17-8-7-16-19(29-14-28-16)18(17)20(23)21-24;/h7-8,15,24H,2-6,9-14H2,1H3,(H,21,23);1H. The fourth-order valence-corrected chi connectivity index (χ4v) is 5.43. The summed E-state index contributed by atoms with van der Waals surface area (Å²) < 4.78 is 44.2. The highest BCUT2D eigenvalue weighted by Gasteiger charge is 2.36. The van der Waals surface area contributed by atoms with E-state index in [0.717, 1.165) is 12.8 Å². The number of hydrogen-bond donors (Lipinski definition) is 2. The molecule has 1 saturated heterocycles. The van der Waals surface area contributed by atoms with E-state index in [4.69, 9.17) is 19.4 Å². The second kappa shape index (κ2) is 10.4. The molecule has 1 aromatic rings. The van der Waals surface area contributed by atoms with Crippen molar-refractivity contribution in [3.8, 4) is 11.5 Å². The molecule has 2 heterocycles. The minimum absolute atomic E-state index is 0. The largest absolute Gasteiger partial charge is 0.454 e. The van der Waals surface area contributed by atoms with Crippen LogP contribution in [0.4, 0.5) is 0 Å². The van der Waals surface area contributed by atoms with E-state index in [9.17, 15) is 13.2 Å². The van der Waals surface area contributed by atoms with Gasteiger partial charge in [0.15, 0.2) is 11.5 Å². The Labute approximate surface area is 178 Å². The molecule has 0 unspecified atom stereocenters. The molecule has 9 nitrogen and oxygen atoms in total. The molecule has 10 heteroatoms. The second-order valence-corrected chi connectivity index (χ2v) is 9.41. The zero-order chi connectivity index (χ0) is 21.6. The van der Waals surface area contributed by atoms with Crippen LogP contribution in [0.25, 0.3) is 0 Å². The molecule has 30 heavy (non-hydrogen) atoms. The fourth-order valence-electron chi connectivity index (χ4n) is 3.77. The lowest BCUT2D eigenvalue weighted by molar-refractivity contribution is 0.0192. The number of hydroxylamine groups is 1. The topological polar surface area (TPSA) is 114 Å². The molecule has 2 aliphatic heterocycles. The van der Waals surface area contributed by atoms with E-state index < -0.39 is 15.9 Å². The van der Waals surface area contributed by atoms with Crippen molar-refractivity contribution >= 4 is 15.9 Å². The van der Waals surface area contributed by atoms with E-state index in [1.54, 1.807) is 0 Å². The van der Waals surface area contributed by atoms with Crippen molar-refractivity contribution in [2.45, 2.75) is 62.9 Å². The average molecular weight is 445 g/mol. The zero-order valence-electron chi connectivity index (χ0n) is 17.3. The quantitative estimate of drug-likeness (QED) is 0.324. The van der Waals surface area contributed by atoms with Crippen molar-refractivity contribution < 1.29 is 34.1 Å². The molecule has 1 amide bonds. The molecule has 0 aliphatic carbocycles. The number of sulfonamides is 1. The Morgan fingerprint density at radius 3 is 2.67 bits per heavy atom. The van der Waals surface area contributed by atoms with E-state index >= 15 is 0 Å². The average Bonchev–Trinajstić information content (AvgIpc) is 3.24. The van der Waals surface area contributed by atoms with Crippen molar-refractivity contribution in [2.75, 3.05) is 26.5 Å². The smallest absolute Gasteiger partial charge is 0.279 e. The molecular weight excluding hydrogens is 412 g/mol. The lowest BCUT2D eigenvalue weighted by atomic mass is 10.1. The maximum atomic E-state index is 13.2. The number of nitrogens with one attached hydrogen (secondary N) is 1. The lowest BCUT2D eigenvalue weighted by Gasteiger charge is -2.31. The molecule has 0 bridgehead atoms. The predicted octanol–water partition coefficient (Wildman–Crippen LogP) is 2.92. The number of fused-ring (bicyclic) bond motifs is 1. The van der Waals surface area contributed by atoms with Crippen LogP contribution in [0.3, 0.4) is 0 Å². The number of unbranched alkanes of at least 4 members (excludes halogenated alkanes) is 4. The van der Waals surface area contributed by atoms with Crippen LogP contribution in [0, 0.1) is 0 Å². The van der Waals surface area contributed by atoms with Gasteiger partial charge in [0.25, 0.3) is 5.91 Å². The number of nitrogens with zero attached hydrogens (tertiary/aromatic N) is 1. The number of rotatable bonds is 10. The molecule has 3 rings (SSSR count). The summed E-state index contributed by atoms with van der Waals surface area (Å²) in [5, 5.41) is 9.08. The summed E-state index contributed by atoms with van der Waals surface area (Å²) in [6.07, 6.45) is 7.08. The lowest BCUT2D eigenvalue weighted by Crippen LogP contribution is -2.41. The second-order valence-electron chi connectivity index (χ2n) is 7.50. The molecule has 1 aromatic carbocycles. The molecule has 0 saturated carbocycles. The molecule has 0 atom stereocenters. The summed E-state index contributed by atoms with van der Waals surface area (Å²) in [6.45, 7) is 3.37. The summed E-state index contributed by atoms with van der Waals surface area (Å²) in [5.41, 5.74) is 1.25. The predicted molar refractivity (Wildman–Crippen MR) is 110 cm³/mol. The minimum atomic E-state index is -3.96. The maximum Gasteiger partial charge on any atom is 0.279 e. The Morgan fingerprint density at radius 2 is 1.97 bits per heavy atom. The molecule has 2 aliphatic rings. The van der Waals surface area contributed by atoms with Crippen molar-refractivity contribution in [3.05, 3.63) is 17.7 Å². The fraction of sp³-hybridized carbons (Fsp3) is 0.650. The normalized spacial score (nSPS) is 17.3. The third-order valence-electron chi connectivity index (χ3n) is 5.45. The van der Waals surface area contributed by atoms with Crippen LogP contribution in [0.15, 0.2) is 17.0 Å². The van der Waals surface area contributed by atoms with Crippen molar-refractivity contribution in [1.82, 2.24) is 9.79 Å². The number of hydrogen-bond acceptors (Lipinski definition) is 7. The van der Waals surface area contributed by atoms with Gasteiger partial charge in [0, 0.05) is 21.1 Å². The summed E-state index contributed by atoms with van der Waals surface area (Å²) in [6, 6.07) is 2.77. The summed E-state index contributed by atoms with van der Waals surface area (Å²) in [7, 11) is -3.96. The van der Waals surface area contributed by atoms with Crippen LogP contribution in [-0.4, -0.2) is 56.4 Å². The van der Waals surface area contributed by atoms with E-state index in [1.807, 2.05) is 0 Å².